The molecule has 0 saturated heterocycles. The third-order valence-electron chi connectivity index (χ3n) is 4.45. The van der Waals surface area contributed by atoms with E-state index in [0.29, 0.717) is 12.6 Å². The van der Waals surface area contributed by atoms with Crippen molar-refractivity contribution in [2.24, 2.45) is 0 Å². The van der Waals surface area contributed by atoms with Crippen molar-refractivity contribution < 1.29 is 14.3 Å². The first kappa shape index (κ1) is 15.0. The summed E-state index contributed by atoms with van der Waals surface area (Å²) in [6.07, 6.45) is 6.66. The van der Waals surface area contributed by atoms with Crippen LogP contribution in [0.4, 0.5) is 4.79 Å². The Hall–Kier alpha value is -1.91. The van der Waals surface area contributed by atoms with E-state index in [4.69, 9.17) is 9.47 Å². The summed E-state index contributed by atoms with van der Waals surface area (Å²) < 4.78 is 11.0. The number of methoxy groups -OCH3 is 1. The van der Waals surface area contributed by atoms with Crippen LogP contribution in [-0.2, 0) is 6.42 Å². The van der Waals surface area contributed by atoms with Gasteiger partial charge in [-0.15, -0.1) is 0 Å². The van der Waals surface area contributed by atoms with E-state index in [2.05, 4.69) is 10.6 Å². The second-order valence-corrected chi connectivity index (χ2v) is 6.14. The van der Waals surface area contributed by atoms with Crippen molar-refractivity contribution in [2.45, 2.75) is 50.6 Å². The fourth-order valence-corrected chi connectivity index (χ4v) is 3.25. The molecular formula is C17H24N2O3. The van der Waals surface area contributed by atoms with Crippen molar-refractivity contribution in [3.63, 3.8) is 0 Å². The Labute approximate surface area is 131 Å². The first-order valence-corrected chi connectivity index (χ1v) is 8.11. The van der Waals surface area contributed by atoms with Crippen molar-refractivity contribution in [1.29, 1.82) is 0 Å². The summed E-state index contributed by atoms with van der Waals surface area (Å²) in [7, 11) is 1.65. The number of carbonyl (C=O) groups excluding carboxylic acids is 1. The van der Waals surface area contributed by atoms with Gasteiger partial charge in [-0.1, -0.05) is 19.3 Å². The number of rotatable bonds is 3. The molecule has 5 nitrogen and oxygen atoms in total. The van der Waals surface area contributed by atoms with Crippen LogP contribution in [0.5, 0.6) is 11.5 Å². The maximum atomic E-state index is 12.1. The lowest BCUT2D eigenvalue weighted by molar-refractivity contribution is 0.209. The van der Waals surface area contributed by atoms with Crippen molar-refractivity contribution in [3.8, 4) is 11.5 Å². The SMILES string of the molecule is COc1ccc2c(c1)CC(NC(=O)NC1CCCCC1)CO2. The van der Waals surface area contributed by atoms with Gasteiger partial charge in [0.25, 0.3) is 0 Å². The molecule has 0 bridgehead atoms. The van der Waals surface area contributed by atoms with E-state index in [1.165, 1.54) is 19.3 Å². The minimum atomic E-state index is -0.0770. The molecule has 1 aromatic rings. The number of hydrogen-bond donors (Lipinski definition) is 2. The van der Waals surface area contributed by atoms with Crippen LogP contribution >= 0.6 is 0 Å². The molecular weight excluding hydrogens is 280 g/mol. The van der Waals surface area contributed by atoms with Crippen LogP contribution in [0, 0.1) is 0 Å². The first-order chi connectivity index (χ1) is 10.7. The fraction of sp³-hybridized carbons (Fsp3) is 0.588. The molecule has 1 fully saturated rings. The zero-order valence-electron chi connectivity index (χ0n) is 13.1. The predicted molar refractivity (Wildman–Crippen MR) is 84.5 cm³/mol. The Balaban J connectivity index is 1.54. The lowest BCUT2D eigenvalue weighted by Gasteiger charge is -2.28. The van der Waals surface area contributed by atoms with Gasteiger partial charge in [0.05, 0.1) is 13.2 Å². The molecule has 120 valence electrons. The second-order valence-electron chi connectivity index (χ2n) is 6.14. The lowest BCUT2D eigenvalue weighted by atomic mass is 9.96. The topological polar surface area (TPSA) is 59.6 Å². The molecule has 2 N–H and O–H groups in total. The van der Waals surface area contributed by atoms with Gasteiger partial charge in [0.1, 0.15) is 18.1 Å². The molecule has 1 saturated carbocycles. The van der Waals surface area contributed by atoms with Crippen molar-refractivity contribution in [3.05, 3.63) is 23.8 Å². The monoisotopic (exact) mass is 304 g/mol. The maximum absolute atomic E-state index is 12.1. The van der Waals surface area contributed by atoms with Crippen LogP contribution in [0.3, 0.4) is 0 Å². The van der Waals surface area contributed by atoms with Gasteiger partial charge in [-0.3, -0.25) is 0 Å². The van der Waals surface area contributed by atoms with E-state index < -0.39 is 0 Å². The zero-order chi connectivity index (χ0) is 15.4. The number of amides is 2. The maximum Gasteiger partial charge on any atom is 0.315 e. The van der Waals surface area contributed by atoms with Gasteiger partial charge >= 0.3 is 6.03 Å². The van der Waals surface area contributed by atoms with E-state index in [0.717, 1.165) is 36.3 Å². The summed E-state index contributed by atoms with van der Waals surface area (Å²) in [6, 6.07) is 6.04. The van der Waals surface area contributed by atoms with Crippen molar-refractivity contribution in [2.75, 3.05) is 13.7 Å². The summed E-state index contributed by atoms with van der Waals surface area (Å²) in [4.78, 5) is 12.1. The summed E-state index contributed by atoms with van der Waals surface area (Å²) >= 11 is 0. The van der Waals surface area contributed by atoms with E-state index in [1.807, 2.05) is 18.2 Å². The minimum absolute atomic E-state index is 0.00296. The third-order valence-corrected chi connectivity index (χ3v) is 4.45. The van der Waals surface area contributed by atoms with Crippen LogP contribution in [0.15, 0.2) is 18.2 Å². The Morgan fingerprint density at radius 1 is 1.18 bits per heavy atom. The molecule has 5 heteroatoms. The van der Waals surface area contributed by atoms with Crippen LogP contribution < -0.4 is 20.1 Å². The molecule has 0 spiro atoms. The number of fused-ring (bicyclic) bond motifs is 1. The van der Waals surface area contributed by atoms with Crippen LogP contribution in [0.1, 0.15) is 37.7 Å². The molecule has 3 rings (SSSR count). The molecule has 1 atom stereocenters. The first-order valence-electron chi connectivity index (χ1n) is 8.11. The molecule has 2 aliphatic rings. The number of urea groups is 1. The highest BCUT2D eigenvalue weighted by Crippen LogP contribution is 2.28. The predicted octanol–water partition coefficient (Wildman–Crippen LogP) is 2.63. The van der Waals surface area contributed by atoms with Gasteiger partial charge in [-0.2, -0.15) is 0 Å². The number of hydrogen-bond acceptors (Lipinski definition) is 3. The standard InChI is InChI=1S/C17H24N2O3/c1-21-15-7-8-16-12(10-15)9-14(11-22-16)19-17(20)18-13-5-3-2-4-6-13/h7-8,10,13-14H,2-6,9,11H2,1H3,(H2,18,19,20). The van der Waals surface area contributed by atoms with E-state index in [-0.39, 0.29) is 12.1 Å². The number of carbonyl (C=O) groups is 1. The van der Waals surface area contributed by atoms with Gasteiger partial charge in [-0.05, 0) is 43.0 Å². The van der Waals surface area contributed by atoms with Gasteiger partial charge in [0.15, 0.2) is 0 Å². The van der Waals surface area contributed by atoms with Crippen molar-refractivity contribution in [1.82, 2.24) is 10.6 Å². The smallest absolute Gasteiger partial charge is 0.315 e. The summed E-state index contributed by atoms with van der Waals surface area (Å²) in [6.45, 7) is 0.511. The Bertz CT molecular complexity index is 527. The third kappa shape index (κ3) is 3.64. The normalized spacial score (nSPS) is 21.4. The molecule has 0 radical (unpaired) electrons. The highest BCUT2D eigenvalue weighted by Gasteiger charge is 2.23. The summed E-state index contributed by atoms with van der Waals surface area (Å²) in [5.41, 5.74) is 1.08. The van der Waals surface area contributed by atoms with E-state index in [1.54, 1.807) is 7.11 Å². The molecule has 1 aliphatic heterocycles. The highest BCUT2D eigenvalue weighted by atomic mass is 16.5. The number of ether oxygens (including phenoxy) is 2. The zero-order valence-corrected chi connectivity index (χ0v) is 13.1. The summed E-state index contributed by atoms with van der Waals surface area (Å²) in [5, 5.41) is 6.11. The average molecular weight is 304 g/mol. The van der Waals surface area contributed by atoms with Crippen LogP contribution in [0.25, 0.3) is 0 Å². The van der Waals surface area contributed by atoms with Gasteiger partial charge < -0.3 is 20.1 Å². The fourth-order valence-electron chi connectivity index (χ4n) is 3.25. The van der Waals surface area contributed by atoms with Gasteiger partial charge in [0, 0.05) is 6.04 Å². The number of nitrogens with one attached hydrogen (secondary N) is 2. The average Bonchev–Trinajstić information content (AvgIpc) is 2.55. The second kappa shape index (κ2) is 6.90. The lowest BCUT2D eigenvalue weighted by Crippen LogP contribution is -2.50. The Morgan fingerprint density at radius 2 is 1.95 bits per heavy atom. The highest BCUT2D eigenvalue weighted by molar-refractivity contribution is 5.74. The van der Waals surface area contributed by atoms with Gasteiger partial charge in [-0.25, -0.2) is 4.79 Å². The molecule has 1 unspecified atom stereocenters. The van der Waals surface area contributed by atoms with Crippen LogP contribution in [-0.4, -0.2) is 31.8 Å². The molecule has 1 aromatic carbocycles. The summed E-state index contributed by atoms with van der Waals surface area (Å²) in [5.74, 6) is 1.70. The van der Waals surface area contributed by atoms with Crippen LogP contribution in [0.2, 0.25) is 0 Å². The molecule has 2 amide bonds. The molecule has 0 aromatic heterocycles. The minimum Gasteiger partial charge on any atom is -0.497 e. The van der Waals surface area contributed by atoms with E-state index >= 15 is 0 Å². The Kier molecular flexibility index (Phi) is 4.71. The van der Waals surface area contributed by atoms with Crippen molar-refractivity contribution >= 4 is 6.03 Å². The van der Waals surface area contributed by atoms with E-state index in [9.17, 15) is 4.79 Å². The molecule has 22 heavy (non-hydrogen) atoms. The molecule has 1 heterocycles. The Morgan fingerprint density at radius 3 is 2.73 bits per heavy atom. The van der Waals surface area contributed by atoms with Gasteiger partial charge in [0.2, 0.25) is 0 Å². The largest absolute Gasteiger partial charge is 0.497 e. The number of benzene rings is 1. The molecule has 1 aliphatic carbocycles. The quantitative estimate of drug-likeness (QED) is 0.902.